The summed E-state index contributed by atoms with van der Waals surface area (Å²) in [5, 5.41) is 7.80. The molecule has 0 aliphatic heterocycles. The Morgan fingerprint density at radius 3 is 1.35 bits per heavy atom. The zero-order valence-electron chi connectivity index (χ0n) is 26.5. The molecule has 4 rings (SSSR count). The molecule has 0 aliphatic carbocycles. The first-order valence-corrected chi connectivity index (χ1v) is 13.5. The molecule has 40 heavy (non-hydrogen) atoms. The molecule has 0 spiro atoms. The topological polar surface area (TPSA) is 103 Å². The van der Waals surface area contributed by atoms with Crippen LogP contribution in [0.1, 0.15) is 106 Å². The van der Waals surface area contributed by atoms with Crippen molar-refractivity contribution in [3.05, 3.63) is 96.9 Å². The van der Waals surface area contributed by atoms with Gasteiger partial charge in [0.2, 0.25) is 0 Å². The maximum Gasteiger partial charge on any atom is 0.133 e. The third kappa shape index (κ3) is 13.9. The largest absolute Gasteiger partial charge is 0.261 e. The minimum absolute atomic E-state index is 0.0707. The van der Waals surface area contributed by atoms with E-state index in [-0.39, 0.29) is 21.7 Å². The van der Waals surface area contributed by atoms with Crippen molar-refractivity contribution in [3.63, 3.8) is 0 Å². The van der Waals surface area contributed by atoms with Crippen LogP contribution in [0.15, 0.2) is 74.0 Å². The highest BCUT2D eigenvalue weighted by Gasteiger charge is 2.16. The van der Waals surface area contributed by atoms with Gasteiger partial charge in [-0.1, -0.05) is 83.1 Å². The van der Waals surface area contributed by atoms with Gasteiger partial charge in [0.05, 0.1) is 11.4 Å². The van der Waals surface area contributed by atoms with Crippen molar-refractivity contribution >= 4 is 0 Å². The van der Waals surface area contributed by atoms with Crippen LogP contribution < -0.4 is 0 Å². The molecular weight excluding hydrogens is 496 g/mol. The minimum Gasteiger partial charge on any atom is -0.261 e. The second-order valence-electron chi connectivity index (χ2n) is 13.4. The van der Waals surface area contributed by atoms with Gasteiger partial charge in [-0.15, -0.1) is 0 Å². The number of nitrogens with zero attached hydrogens (tertiary/aromatic N) is 8. The van der Waals surface area contributed by atoms with Crippen molar-refractivity contribution < 1.29 is 0 Å². The average Bonchev–Trinajstić information content (AvgIpc) is 2.90. The Morgan fingerprint density at radius 2 is 1.05 bits per heavy atom. The van der Waals surface area contributed by atoms with Gasteiger partial charge in [0.15, 0.2) is 0 Å². The Hall–Kier alpha value is -3.68. The summed E-state index contributed by atoms with van der Waals surface area (Å²) in [4.78, 5) is 24.4. The third-order valence-electron chi connectivity index (χ3n) is 5.26. The molecule has 0 aliphatic rings. The predicted molar refractivity (Wildman–Crippen MR) is 163 cm³/mol. The minimum atomic E-state index is 0.0707. The van der Waals surface area contributed by atoms with Gasteiger partial charge in [-0.05, 0) is 24.3 Å². The summed E-state index contributed by atoms with van der Waals surface area (Å²) in [5.74, 6) is 0.898. The number of hydrogen-bond acceptors (Lipinski definition) is 8. The van der Waals surface area contributed by atoms with Crippen LogP contribution in [0.4, 0.5) is 0 Å². The standard InChI is InChI=1S/4C8H12N2/c1-8(2,3)7-6-9-4-5-10-7;1-8(2,3)7-4-5-9-6-10-7;1-8(2,3)7-9-5-4-6-10-7;1-8(2,3)7-5-4-6-9-10-7/h4*4-6H,1-3H3. The molecule has 0 unspecified atom stereocenters. The Kier molecular flexibility index (Phi) is 13.1. The number of hydrogen-bond donors (Lipinski definition) is 0. The normalized spacial score (nSPS) is 11.5. The lowest BCUT2D eigenvalue weighted by atomic mass is 9.92. The third-order valence-corrected chi connectivity index (χ3v) is 5.26. The van der Waals surface area contributed by atoms with Crippen molar-refractivity contribution in [1.29, 1.82) is 0 Å². The van der Waals surface area contributed by atoms with Crippen molar-refractivity contribution in [2.24, 2.45) is 0 Å². The van der Waals surface area contributed by atoms with Crippen LogP contribution >= 0.6 is 0 Å². The Labute approximate surface area is 241 Å². The summed E-state index contributed by atoms with van der Waals surface area (Å²) >= 11 is 0. The van der Waals surface area contributed by atoms with E-state index in [1.165, 1.54) is 0 Å². The smallest absolute Gasteiger partial charge is 0.133 e. The molecule has 4 aromatic heterocycles. The van der Waals surface area contributed by atoms with Gasteiger partial charge in [-0.3, -0.25) is 9.97 Å². The lowest BCUT2D eigenvalue weighted by Gasteiger charge is -2.16. The van der Waals surface area contributed by atoms with E-state index < -0.39 is 0 Å². The molecule has 0 saturated heterocycles. The van der Waals surface area contributed by atoms with Crippen LogP contribution in [0, 0.1) is 0 Å². The van der Waals surface area contributed by atoms with E-state index in [9.17, 15) is 0 Å². The van der Waals surface area contributed by atoms with E-state index >= 15 is 0 Å². The Morgan fingerprint density at radius 1 is 0.450 bits per heavy atom. The van der Waals surface area contributed by atoms with E-state index in [2.05, 4.69) is 123 Å². The molecule has 216 valence electrons. The summed E-state index contributed by atoms with van der Waals surface area (Å²) in [6.45, 7) is 25.4. The highest BCUT2D eigenvalue weighted by atomic mass is 15.1. The van der Waals surface area contributed by atoms with Gasteiger partial charge in [-0.25, -0.2) is 19.9 Å². The van der Waals surface area contributed by atoms with Gasteiger partial charge < -0.3 is 0 Å². The van der Waals surface area contributed by atoms with E-state index in [1.54, 1.807) is 49.7 Å². The summed E-state index contributed by atoms with van der Waals surface area (Å²) in [7, 11) is 0. The predicted octanol–water partition coefficient (Wildman–Crippen LogP) is 7.10. The highest BCUT2D eigenvalue weighted by Crippen LogP contribution is 2.19. The van der Waals surface area contributed by atoms with E-state index in [0.29, 0.717) is 0 Å². The van der Waals surface area contributed by atoms with E-state index in [4.69, 9.17) is 0 Å². The molecule has 4 heterocycles. The fourth-order valence-electron chi connectivity index (χ4n) is 2.81. The van der Waals surface area contributed by atoms with Crippen LogP contribution in [-0.2, 0) is 21.7 Å². The molecular formula is C32H48N8. The molecule has 0 fully saturated rings. The first-order chi connectivity index (χ1) is 18.4. The molecule has 0 amide bonds. The fourth-order valence-corrected chi connectivity index (χ4v) is 2.81. The molecule has 8 nitrogen and oxygen atoms in total. The highest BCUT2D eigenvalue weighted by molar-refractivity contribution is 5.10. The second-order valence-corrected chi connectivity index (χ2v) is 13.4. The van der Waals surface area contributed by atoms with Gasteiger partial charge >= 0.3 is 0 Å². The molecule has 4 aromatic rings. The summed E-state index contributed by atoms with van der Waals surface area (Å²) in [6, 6.07) is 7.68. The fraction of sp³-hybridized carbons (Fsp3) is 0.500. The van der Waals surface area contributed by atoms with E-state index in [0.717, 1.165) is 22.9 Å². The average molecular weight is 545 g/mol. The molecule has 0 saturated carbocycles. The summed E-state index contributed by atoms with van der Waals surface area (Å²) in [5.41, 5.74) is 3.61. The first-order valence-electron chi connectivity index (χ1n) is 13.5. The van der Waals surface area contributed by atoms with Crippen molar-refractivity contribution in [2.45, 2.75) is 105 Å². The van der Waals surface area contributed by atoms with Gasteiger partial charge in [-0.2, -0.15) is 10.2 Å². The second kappa shape index (κ2) is 15.2. The monoisotopic (exact) mass is 544 g/mol. The van der Waals surface area contributed by atoms with Crippen LogP contribution in [0.25, 0.3) is 0 Å². The first kappa shape index (κ1) is 34.3. The Balaban J connectivity index is 0.000000267. The molecule has 0 radical (unpaired) electrons. The molecule has 0 aromatic carbocycles. The van der Waals surface area contributed by atoms with Crippen molar-refractivity contribution in [3.8, 4) is 0 Å². The SMILES string of the molecule is CC(C)(C)c1cccnn1.CC(C)(C)c1ccncn1.CC(C)(C)c1cnccn1.CC(C)(C)c1ncccn1. The molecule has 0 N–H and O–H groups in total. The lowest BCUT2D eigenvalue weighted by molar-refractivity contribution is 0.545. The lowest BCUT2D eigenvalue weighted by Crippen LogP contribution is -2.14. The molecule has 0 atom stereocenters. The van der Waals surface area contributed by atoms with Crippen LogP contribution in [0.2, 0.25) is 0 Å². The molecule has 0 bridgehead atoms. The van der Waals surface area contributed by atoms with Crippen LogP contribution in [0.5, 0.6) is 0 Å². The zero-order chi connectivity index (χ0) is 30.5. The summed E-state index contributed by atoms with van der Waals surface area (Å²) < 4.78 is 0. The van der Waals surface area contributed by atoms with E-state index in [1.807, 2.05) is 24.3 Å². The van der Waals surface area contributed by atoms with Crippen LogP contribution in [0.3, 0.4) is 0 Å². The quantitative estimate of drug-likeness (QED) is 0.231. The van der Waals surface area contributed by atoms with Crippen molar-refractivity contribution in [2.75, 3.05) is 0 Å². The van der Waals surface area contributed by atoms with Gasteiger partial charge in [0.25, 0.3) is 0 Å². The molecule has 8 heteroatoms. The maximum atomic E-state index is 4.19. The maximum absolute atomic E-state index is 4.19. The zero-order valence-corrected chi connectivity index (χ0v) is 26.5. The summed E-state index contributed by atoms with van der Waals surface area (Å²) in [6.07, 6.45) is 13.8. The van der Waals surface area contributed by atoms with Gasteiger partial charge in [0, 0.05) is 70.7 Å². The van der Waals surface area contributed by atoms with Gasteiger partial charge in [0.1, 0.15) is 12.2 Å². The Bertz CT molecular complexity index is 991. The van der Waals surface area contributed by atoms with Crippen molar-refractivity contribution in [1.82, 2.24) is 40.1 Å². The van der Waals surface area contributed by atoms with Crippen LogP contribution in [-0.4, -0.2) is 40.1 Å². The number of aromatic nitrogens is 8. The number of rotatable bonds is 0.